The zero-order chi connectivity index (χ0) is 24.5. The highest BCUT2D eigenvalue weighted by Gasteiger charge is 2.12. The molecule has 0 aliphatic heterocycles. The molecular weight excluding hydrogens is 472 g/mol. The third kappa shape index (κ3) is 8.69. The second-order valence-corrected chi connectivity index (χ2v) is 9.05. The van der Waals surface area contributed by atoms with Crippen molar-refractivity contribution < 1.29 is 40.3 Å². The lowest BCUT2D eigenvalue weighted by Gasteiger charge is -2.02. The third-order valence-corrected chi connectivity index (χ3v) is 5.59. The van der Waals surface area contributed by atoms with Crippen LogP contribution < -0.4 is 0 Å². The van der Waals surface area contributed by atoms with Crippen LogP contribution in [0.2, 0.25) is 0 Å². The zero-order valence-electron chi connectivity index (χ0n) is 16.8. The van der Waals surface area contributed by atoms with Crippen LogP contribution in [0, 0.1) is 0 Å². The summed E-state index contributed by atoms with van der Waals surface area (Å²) in [5.41, 5.74) is 0.614. The van der Waals surface area contributed by atoms with Gasteiger partial charge in [0.25, 0.3) is 10.1 Å². The zero-order valence-corrected chi connectivity index (χ0v) is 18.4. The molecule has 0 aliphatic rings. The van der Waals surface area contributed by atoms with Gasteiger partial charge >= 0.3 is 22.1 Å². The molecule has 2 N–H and O–H groups in total. The topological polar surface area (TPSA) is 152 Å². The summed E-state index contributed by atoms with van der Waals surface area (Å²) in [4.78, 5) is 21.1. The van der Waals surface area contributed by atoms with E-state index in [0.717, 1.165) is 10.8 Å². The van der Waals surface area contributed by atoms with Crippen molar-refractivity contribution in [1.82, 2.24) is 0 Å². The number of carboxylic acids is 1. The van der Waals surface area contributed by atoms with Gasteiger partial charge in [0.05, 0.1) is 5.41 Å². The van der Waals surface area contributed by atoms with E-state index in [0.29, 0.717) is 23.1 Å². The van der Waals surface area contributed by atoms with Crippen molar-refractivity contribution in [1.29, 1.82) is 0 Å². The van der Waals surface area contributed by atoms with E-state index in [9.17, 15) is 26.4 Å². The van der Waals surface area contributed by atoms with Crippen LogP contribution >= 0.6 is 0 Å². The second kappa shape index (κ2) is 11.2. The van der Waals surface area contributed by atoms with Gasteiger partial charge in [0.2, 0.25) is 0 Å². The minimum absolute atomic E-state index is 0.0457. The van der Waals surface area contributed by atoms with Gasteiger partial charge in [0.1, 0.15) is 4.90 Å². The van der Waals surface area contributed by atoms with Crippen LogP contribution in [0.3, 0.4) is 0 Å². The molecule has 3 aromatic rings. The van der Waals surface area contributed by atoms with E-state index in [1.54, 1.807) is 60.7 Å². The molecule has 3 rings (SSSR count). The molecule has 172 valence electrons. The van der Waals surface area contributed by atoms with Crippen LogP contribution in [0.4, 0.5) is 0 Å². The minimum Gasteiger partial charge on any atom is -0.478 e. The van der Waals surface area contributed by atoms with Crippen molar-refractivity contribution in [3.8, 4) is 0 Å². The summed E-state index contributed by atoms with van der Waals surface area (Å²) in [6.07, 6.45) is 2.25. The van der Waals surface area contributed by atoms with Crippen molar-refractivity contribution in [2.24, 2.45) is 0 Å². The molecule has 0 aliphatic carbocycles. The number of carbonyl (C=O) groups excluding carboxylic acids is 1. The predicted molar refractivity (Wildman–Crippen MR) is 121 cm³/mol. The van der Waals surface area contributed by atoms with Gasteiger partial charge in [-0.05, 0) is 23.1 Å². The van der Waals surface area contributed by atoms with Crippen LogP contribution in [0.5, 0.6) is 0 Å². The van der Waals surface area contributed by atoms with E-state index in [1.807, 2.05) is 6.07 Å². The van der Waals surface area contributed by atoms with Crippen LogP contribution in [-0.4, -0.2) is 38.4 Å². The van der Waals surface area contributed by atoms with Gasteiger partial charge in [-0.15, -0.1) is 0 Å². The summed E-state index contributed by atoms with van der Waals surface area (Å²) in [6, 6.07) is 20.3. The predicted octanol–water partition coefficient (Wildman–Crippen LogP) is 3.26. The van der Waals surface area contributed by atoms with Gasteiger partial charge in [0, 0.05) is 17.5 Å². The molecule has 0 saturated carbocycles. The van der Waals surface area contributed by atoms with E-state index in [-0.39, 0.29) is 4.90 Å². The number of hydrogen-bond donors (Lipinski definition) is 2. The summed E-state index contributed by atoms with van der Waals surface area (Å²) in [6.45, 7) is 0. The molecule has 0 saturated heterocycles. The minimum atomic E-state index is -4.20. The fourth-order valence-corrected chi connectivity index (χ4v) is 3.83. The first-order valence-corrected chi connectivity index (χ1v) is 12.0. The SMILES string of the molecule is O=C(O)/C=C\C(=O)OS(=O)(=O)C=Cc1ccccc1.O=S(=O)(O)c1cccc2ccccc12. The Morgan fingerprint density at radius 2 is 1.39 bits per heavy atom. The Labute approximate surface area is 190 Å². The summed E-state index contributed by atoms with van der Waals surface area (Å²) in [5.74, 6) is -2.66. The van der Waals surface area contributed by atoms with Crippen molar-refractivity contribution in [3.05, 3.63) is 95.9 Å². The van der Waals surface area contributed by atoms with Gasteiger partial charge in [-0.2, -0.15) is 16.8 Å². The molecule has 0 fully saturated rings. The number of hydrogen-bond acceptors (Lipinski definition) is 7. The molecule has 0 bridgehead atoms. The lowest BCUT2D eigenvalue weighted by molar-refractivity contribution is -0.133. The first kappa shape index (κ1) is 25.5. The number of fused-ring (bicyclic) bond motifs is 1. The monoisotopic (exact) mass is 490 g/mol. The molecule has 0 atom stereocenters. The van der Waals surface area contributed by atoms with Crippen molar-refractivity contribution in [2.45, 2.75) is 4.90 Å². The molecule has 0 aromatic heterocycles. The quantitative estimate of drug-likeness (QED) is 0.301. The molecule has 0 heterocycles. The molecule has 33 heavy (non-hydrogen) atoms. The number of carboxylic acid groups (broad SMARTS) is 1. The number of carbonyl (C=O) groups is 2. The Kier molecular flexibility index (Phi) is 8.63. The maximum absolute atomic E-state index is 11.3. The number of aliphatic carboxylic acids is 1. The standard InChI is InChI=1S/C12H10O6S.C10H8O3S/c13-11(14)6-7-12(15)18-19(16,17)9-8-10-4-2-1-3-5-10;11-14(12,13)10-7-3-5-8-4-1-2-6-9(8)10/h1-9H,(H,13,14);1-7H,(H,11,12,13)/b7-6-,9-8?;. The number of rotatable bonds is 6. The lowest BCUT2D eigenvalue weighted by Crippen LogP contribution is -2.08. The first-order valence-electron chi connectivity index (χ1n) is 9.06. The normalized spacial score (nSPS) is 11.8. The van der Waals surface area contributed by atoms with E-state index in [4.69, 9.17) is 9.66 Å². The lowest BCUT2D eigenvalue weighted by atomic mass is 10.1. The Morgan fingerprint density at radius 1 is 0.788 bits per heavy atom. The summed E-state index contributed by atoms with van der Waals surface area (Å²) in [7, 11) is -8.33. The largest absolute Gasteiger partial charge is 0.478 e. The van der Waals surface area contributed by atoms with E-state index in [2.05, 4.69) is 4.18 Å². The Morgan fingerprint density at radius 3 is 2.03 bits per heavy atom. The smallest absolute Gasteiger partial charge is 0.347 e. The van der Waals surface area contributed by atoms with Crippen LogP contribution in [0.15, 0.2) is 95.3 Å². The summed E-state index contributed by atoms with van der Waals surface area (Å²) in [5, 5.41) is 10.3. The fourth-order valence-electron chi connectivity index (χ4n) is 2.46. The van der Waals surface area contributed by atoms with E-state index in [1.165, 1.54) is 12.1 Å². The molecule has 11 heteroatoms. The van der Waals surface area contributed by atoms with Gasteiger partial charge < -0.3 is 9.29 Å². The molecule has 9 nitrogen and oxygen atoms in total. The van der Waals surface area contributed by atoms with E-state index >= 15 is 0 Å². The average molecular weight is 491 g/mol. The maximum Gasteiger partial charge on any atom is 0.347 e. The highest BCUT2D eigenvalue weighted by Crippen LogP contribution is 2.22. The van der Waals surface area contributed by atoms with Crippen molar-refractivity contribution in [3.63, 3.8) is 0 Å². The van der Waals surface area contributed by atoms with Crippen molar-refractivity contribution >= 4 is 49.0 Å². The molecule has 0 radical (unpaired) electrons. The van der Waals surface area contributed by atoms with Crippen LogP contribution in [0.1, 0.15) is 5.56 Å². The summed E-state index contributed by atoms with van der Waals surface area (Å²) < 4.78 is 57.8. The second-order valence-electron chi connectivity index (χ2n) is 6.23. The molecule has 0 unspecified atom stereocenters. The Bertz CT molecular complexity index is 1400. The molecule has 3 aromatic carbocycles. The van der Waals surface area contributed by atoms with Crippen LogP contribution in [-0.2, 0) is 34.0 Å². The van der Waals surface area contributed by atoms with Gasteiger partial charge in [0.15, 0.2) is 0 Å². The first-order chi connectivity index (χ1) is 15.5. The fraction of sp³-hybridized carbons (Fsp3) is 0. The summed E-state index contributed by atoms with van der Waals surface area (Å²) >= 11 is 0. The molecule has 0 amide bonds. The Hall–Kier alpha value is -3.80. The highest BCUT2D eigenvalue weighted by atomic mass is 32.2. The van der Waals surface area contributed by atoms with Gasteiger partial charge in [-0.1, -0.05) is 66.7 Å². The van der Waals surface area contributed by atoms with Crippen molar-refractivity contribution in [2.75, 3.05) is 0 Å². The van der Waals surface area contributed by atoms with Crippen LogP contribution in [0.25, 0.3) is 16.8 Å². The number of benzene rings is 3. The highest BCUT2D eigenvalue weighted by molar-refractivity contribution is 7.90. The Balaban J connectivity index is 0.000000243. The van der Waals surface area contributed by atoms with Gasteiger partial charge in [-0.3, -0.25) is 4.55 Å². The third-order valence-electron chi connectivity index (χ3n) is 3.81. The average Bonchev–Trinajstić information content (AvgIpc) is 2.76. The maximum atomic E-state index is 11.3. The molecular formula is C22H18O9S2. The van der Waals surface area contributed by atoms with E-state index < -0.39 is 32.2 Å². The molecule has 0 spiro atoms. The van der Waals surface area contributed by atoms with Gasteiger partial charge in [-0.25, -0.2) is 9.59 Å².